The number of hydrogen-bond acceptors (Lipinski definition) is 6. The van der Waals surface area contributed by atoms with Gasteiger partial charge < -0.3 is 8.98 Å². The number of fused-ring (bicyclic) bond motifs is 1. The van der Waals surface area contributed by atoms with E-state index in [4.69, 9.17) is 4.42 Å². The summed E-state index contributed by atoms with van der Waals surface area (Å²) in [7, 11) is 0. The average Bonchev–Trinajstić information content (AvgIpc) is 3.17. The number of nitrogens with one attached hydrogen (secondary N) is 1. The van der Waals surface area contributed by atoms with Crippen LogP contribution < -0.4 is 5.43 Å². The zero-order chi connectivity index (χ0) is 18.0. The molecular formula is C16H15N5O4. The van der Waals surface area contributed by atoms with Crippen molar-refractivity contribution in [3.8, 4) is 0 Å². The SMILES string of the molecule is CCn1c(C)nc2cc(C(=O)N/N=C/c3ccc([N+](=O)[O-])o3)ccc21. The van der Waals surface area contributed by atoms with E-state index in [0.29, 0.717) is 5.56 Å². The Kier molecular flexibility index (Phi) is 4.29. The Hall–Kier alpha value is -3.49. The fourth-order valence-electron chi connectivity index (χ4n) is 2.52. The van der Waals surface area contributed by atoms with E-state index in [9.17, 15) is 14.9 Å². The van der Waals surface area contributed by atoms with Crippen LogP contribution in [0.1, 0.15) is 28.9 Å². The summed E-state index contributed by atoms with van der Waals surface area (Å²) >= 11 is 0. The number of hydrogen-bond donors (Lipinski definition) is 1. The topological polar surface area (TPSA) is 116 Å². The van der Waals surface area contributed by atoms with Gasteiger partial charge in [0.05, 0.1) is 23.3 Å². The zero-order valence-corrected chi connectivity index (χ0v) is 13.6. The van der Waals surface area contributed by atoms with Crippen molar-refractivity contribution in [3.05, 3.63) is 57.6 Å². The third-order valence-electron chi connectivity index (χ3n) is 3.67. The summed E-state index contributed by atoms with van der Waals surface area (Å²) in [5, 5.41) is 14.3. The van der Waals surface area contributed by atoms with Gasteiger partial charge >= 0.3 is 5.88 Å². The number of nitrogens with zero attached hydrogens (tertiary/aromatic N) is 4. The van der Waals surface area contributed by atoms with E-state index in [-0.39, 0.29) is 11.6 Å². The molecule has 128 valence electrons. The van der Waals surface area contributed by atoms with E-state index in [1.165, 1.54) is 18.3 Å². The summed E-state index contributed by atoms with van der Waals surface area (Å²) in [6.45, 7) is 4.74. The van der Waals surface area contributed by atoms with Crippen molar-refractivity contribution in [3.63, 3.8) is 0 Å². The second-order valence-electron chi connectivity index (χ2n) is 5.24. The number of nitro groups is 1. The van der Waals surface area contributed by atoms with Gasteiger partial charge in [0.2, 0.25) is 0 Å². The molecule has 0 saturated heterocycles. The van der Waals surface area contributed by atoms with Crippen LogP contribution in [0.5, 0.6) is 0 Å². The second kappa shape index (κ2) is 6.56. The maximum Gasteiger partial charge on any atom is 0.433 e. The first-order chi connectivity index (χ1) is 12.0. The van der Waals surface area contributed by atoms with Gasteiger partial charge in [-0.25, -0.2) is 10.4 Å². The molecule has 2 aromatic heterocycles. The first-order valence-electron chi connectivity index (χ1n) is 7.54. The Morgan fingerprint density at radius 1 is 1.44 bits per heavy atom. The van der Waals surface area contributed by atoms with Crippen LogP contribution in [0, 0.1) is 17.0 Å². The number of rotatable bonds is 5. The zero-order valence-electron chi connectivity index (χ0n) is 13.6. The number of aromatic nitrogens is 2. The summed E-state index contributed by atoms with van der Waals surface area (Å²) in [6, 6.07) is 7.83. The predicted octanol–water partition coefficient (Wildman–Crippen LogP) is 2.63. The van der Waals surface area contributed by atoms with Gasteiger partial charge in [0.15, 0.2) is 5.76 Å². The van der Waals surface area contributed by atoms with Gasteiger partial charge in [-0.05, 0) is 38.1 Å². The molecule has 25 heavy (non-hydrogen) atoms. The van der Waals surface area contributed by atoms with Crippen molar-refractivity contribution in [1.82, 2.24) is 15.0 Å². The van der Waals surface area contributed by atoms with Gasteiger partial charge in [-0.2, -0.15) is 5.10 Å². The molecule has 1 amide bonds. The highest BCUT2D eigenvalue weighted by Crippen LogP contribution is 2.18. The van der Waals surface area contributed by atoms with Gasteiger partial charge in [-0.15, -0.1) is 0 Å². The summed E-state index contributed by atoms with van der Waals surface area (Å²) in [5.74, 6) is 0.246. The molecule has 0 aliphatic carbocycles. The third-order valence-corrected chi connectivity index (χ3v) is 3.67. The number of carbonyl (C=O) groups is 1. The molecule has 9 nitrogen and oxygen atoms in total. The average molecular weight is 341 g/mol. The predicted molar refractivity (Wildman–Crippen MR) is 90.6 cm³/mol. The lowest BCUT2D eigenvalue weighted by atomic mass is 10.2. The Morgan fingerprint density at radius 2 is 2.24 bits per heavy atom. The molecule has 0 atom stereocenters. The third kappa shape index (κ3) is 3.25. The van der Waals surface area contributed by atoms with E-state index < -0.39 is 10.8 Å². The van der Waals surface area contributed by atoms with Crippen molar-refractivity contribution < 1.29 is 14.1 Å². The molecule has 9 heteroatoms. The van der Waals surface area contributed by atoms with E-state index >= 15 is 0 Å². The molecule has 1 aromatic carbocycles. The van der Waals surface area contributed by atoms with Gasteiger partial charge in [0.1, 0.15) is 10.7 Å². The molecule has 3 aromatic rings. The number of benzene rings is 1. The molecule has 2 heterocycles. The number of furan rings is 1. The van der Waals surface area contributed by atoms with Crippen molar-refractivity contribution in [2.24, 2.45) is 5.10 Å². The van der Waals surface area contributed by atoms with Crippen LogP contribution >= 0.6 is 0 Å². The summed E-state index contributed by atoms with van der Waals surface area (Å²) in [5.41, 5.74) is 4.46. The standard InChI is InChI=1S/C16H15N5O4/c1-3-20-10(2)18-13-8-11(4-6-14(13)20)16(22)19-17-9-12-5-7-15(25-12)21(23)24/h4-9H,3H2,1-2H3,(H,19,22)/b17-9+. The monoisotopic (exact) mass is 341 g/mol. The molecule has 0 spiro atoms. The number of aryl methyl sites for hydroxylation is 2. The Balaban J connectivity index is 1.73. The van der Waals surface area contributed by atoms with Crippen molar-refractivity contribution >= 4 is 29.0 Å². The minimum absolute atomic E-state index is 0.166. The fourth-order valence-corrected chi connectivity index (χ4v) is 2.52. The second-order valence-corrected chi connectivity index (χ2v) is 5.24. The van der Waals surface area contributed by atoms with Gasteiger partial charge in [-0.3, -0.25) is 14.9 Å². The Morgan fingerprint density at radius 3 is 2.92 bits per heavy atom. The van der Waals surface area contributed by atoms with E-state index in [0.717, 1.165) is 23.4 Å². The highest BCUT2D eigenvalue weighted by atomic mass is 16.6. The minimum Gasteiger partial charge on any atom is -0.400 e. The normalized spacial score (nSPS) is 11.3. The van der Waals surface area contributed by atoms with E-state index in [1.807, 2.05) is 19.9 Å². The molecule has 0 fully saturated rings. The lowest BCUT2D eigenvalue weighted by Crippen LogP contribution is -2.17. The molecule has 0 bridgehead atoms. The van der Waals surface area contributed by atoms with Crippen LogP contribution in [0.4, 0.5) is 5.88 Å². The lowest BCUT2D eigenvalue weighted by molar-refractivity contribution is -0.402. The summed E-state index contributed by atoms with van der Waals surface area (Å²) in [4.78, 5) is 26.5. The number of amides is 1. The van der Waals surface area contributed by atoms with Gasteiger partial charge in [-0.1, -0.05) is 0 Å². The molecular weight excluding hydrogens is 326 g/mol. The molecule has 0 aliphatic heterocycles. The van der Waals surface area contributed by atoms with Gasteiger partial charge in [0.25, 0.3) is 5.91 Å². The maximum atomic E-state index is 12.2. The fraction of sp³-hybridized carbons (Fsp3) is 0.188. The minimum atomic E-state index is -0.650. The molecule has 0 aliphatic rings. The lowest BCUT2D eigenvalue weighted by Gasteiger charge is -2.02. The van der Waals surface area contributed by atoms with Crippen molar-refractivity contribution in [2.45, 2.75) is 20.4 Å². The van der Waals surface area contributed by atoms with Gasteiger partial charge in [0, 0.05) is 12.1 Å². The highest BCUT2D eigenvalue weighted by molar-refractivity contribution is 5.97. The summed E-state index contributed by atoms with van der Waals surface area (Å²) < 4.78 is 6.96. The first kappa shape index (κ1) is 16.4. The van der Waals surface area contributed by atoms with Crippen molar-refractivity contribution in [2.75, 3.05) is 0 Å². The Labute approximate surface area is 142 Å². The smallest absolute Gasteiger partial charge is 0.400 e. The van der Waals surface area contributed by atoms with Crippen molar-refractivity contribution in [1.29, 1.82) is 0 Å². The molecule has 3 rings (SSSR count). The quantitative estimate of drug-likeness (QED) is 0.435. The van der Waals surface area contributed by atoms with Crippen LogP contribution in [0.25, 0.3) is 11.0 Å². The highest BCUT2D eigenvalue weighted by Gasteiger charge is 2.12. The molecule has 0 saturated carbocycles. The van der Waals surface area contributed by atoms with Crippen LogP contribution in [0.15, 0.2) is 39.9 Å². The Bertz CT molecular complexity index is 986. The van der Waals surface area contributed by atoms with Crippen LogP contribution in [0.3, 0.4) is 0 Å². The van der Waals surface area contributed by atoms with Crippen LogP contribution in [-0.4, -0.2) is 26.6 Å². The number of hydrazone groups is 1. The van der Waals surface area contributed by atoms with Crippen LogP contribution in [0.2, 0.25) is 0 Å². The van der Waals surface area contributed by atoms with E-state index in [2.05, 4.69) is 20.1 Å². The van der Waals surface area contributed by atoms with Crippen LogP contribution in [-0.2, 0) is 6.54 Å². The maximum absolute atomic E-state index is 12.2. The largest absolute Gasteiger partial charge is 0.433 e. The summed E-state index contributed by atoms with van der Waals surface area (Å²) in [6.07, 6.45) is 1.19. The number of imidazole rings is 1. The molecule has 0 radical (unpaired) electrons. The van der Waals surface area contributed by atoms with E-state index in [1.54, 1.807) is 12.1 Å². The first-order valence-corrected chi connectivity index (χ1v) is 7.54. The molecule has 0 unspecified atom stereocenters. The number of carbonyl (C=O) groups excluding carboxylic acids is 1. The molecule has 1 N–H and O–H groups in total.